The van der Waals surface area contributed by atoms with Gasteiger partial charge in [0.25, 0.3) is 0 Å². The SMILES string of the molecule is CCC1(O)CC(=O)c2ccccc2C1=O. The Balaban J connectivity index is 2.59. The Kier molecular flexibility index (Phi) is 2.20. The van der Waals surface area contributed by atoms with Crippen LogP contribution in [0.1, 0.15) is 40.5 Å². The van der Waals surface area contributed by atoms with Gasteiger partial charge in [-0.25, -0.2) is 0 Å². The van der Waals surface area contributed by atoms with Crippen LogP contribution in [0, 0.1) is 0 Å². The van der Waals surface area contributed by atoms with Crippen molar-refractivity contribution in [2.75, 3.05) is 0 Å². The molecule has 0 saturated carbocycles. The van der Waals surface area contributed by atoms with E-state index in [0.29, 0.717) is 11.1 Å². The quantitative estimate of drug-likeness (QED) is 0.755. The van der Waals surface area contributed by atoms with Crippen LogP contribution in [0.3, 0.4) is 0 Å². The van der Waals surface area contributed by atoms with E-state index in [1.54, 1.807) is 31.2 Å². The van der Waals surface area contributed by atoms with Gasteiger partial charge in [0.05, 0.1) is 0 Å². The van der Waals surface area contributed by atoms with Crippen molar-refractivity contribution >= 4 is 11.6 Å². The molecule has 1 aliphatic rings. The van der Waals surface area contributed by atoms with Gasteiger partial charge in [0.2, 0.25) is 0 Å². The van der Waals surface area contributed by atoms with Gasteiger partial charge in [0.15, 0.2) is 11.6 Å². The Bertz CT molecular complexity index is 436. The van der Waals surface area contributed by atoms with Crippen molar-refractivity contribution in [2.24, 2.45) is 0 Å². The minimum atomic E-state index is -1.49. The number of hydrogen-bond acceptors (Lipinski definition) is 3. The lowest BCUT2D eigenvalue weighted by Gasteiger charge is -2.29. The Morgan fingerprint density at radius 1 is 1.27 bits per heavy atom. The summed E-state index contributed by atoms with van der Waals surface area (Å²) < 4.78 is 0. The standard InChI is InChI=1S/C12H12O3/c1-2-12(15)7-10(13)8-5-3-4-6-9(8)11(12)14/h3-6,15H,2,7H2,1H3. The molecule has 1 N–H and O–H groups in total. The summed E-state index contributed by atoms with van der Waals surface area (Å²) in [5, 5.41) is 10.00. The van der Waals surface area contributed by atoms with Gasteiger partial charge in [-0.05, 0) is 6.42 Å². The monoisotopic (exact) mass is 204 g/mol. The number of ketones is 2. The largest absolute Gasteiger partial charge is 0.381 e. The van der Waals surface area contributed by atoms with Crippen LogP contribution in [0.4, 0.5) is 0 Å². The van der Waals surface area contributed by atoms with Gasteiger partial charge in [-0.2, -0.15) is 0 Å². The second-order valence-electron chi connectivity index (χ2n) is 3.86. The average molecular weight is 204 g/mol. The molecule has 1 aromatic carbocycles. The highest BCUT2D eigenvalue weighted by Gasteiger charge is 2.42. The molecule has 0 saturated heterocycles. The summed E-state index contributed by atoms with van der Waals surface area (Å²) in [5.41, 5.74) is -0.718. The van der Waals surface area contributed by atoms with Gasteiger partial charge in [0.1, 0.15) is 5.60 Å². The fraction of sp³-hybridized carbons (Fsp3) is 0.333. The fourth-order valence-electron chi connectivity index (χ4n) is 1.90. The Morgan fingerprint density at radius 2 is 1.87 bits per heavy atom. The van der Waals surface area contributed by atoms with E-state index in [0.717, 1.165) is 0 Å². The molecule has 0 radical (unpaired) electrons. The molecule has 15 heavy (non-hydrogen) atoms. The number of rotatable bonds is 1. The van der Waals surface area contributed by atoms with E-state index in [2.05, 4.69) is 0 Å². The van der Waals surface area contributed by atoms with E-state index in [1.165, 1.54) is 0 Å². The van der Waals surface area contributed by atoms with Gasteiger partial charge in [-0.15, -0.1) is 0 Å². The lowest BCUT2D eigenvalue weighted by molar-refractivity contribution is 0.0224. The molecule has 0 spiro atoms. The molecule has 0 fully saturated rings. The molecule has 3 nitrogen and oxygen atoms in total. The fourth-order valence-corrected chi connectivity index (χ4v) is 1.90. The highest BCUT2D eigenvalue weighted by atomic mass is 16.3. The third kappa shape index (κ3) is 1.39. The molecule has 78 valence electrons. The molecule has 1 aliphatic carbocycles. The first-order valence-corrected chi connectivity index (χ1v) is 4.98. The van der Waals surface area contributed by atoms with Crippen molar-refractivity contribution in [1.82, 2.24) is 0 Å². The van der Waals surface area contributed by atoms with Crippen LogP contribution < -0.4 is 0 Å². The second kappa shape index (κ2) is 3.28. The summed E-state index contributed by atoms with van der Waals surface area (Å²) in [6, 6.07) is 6.64. The van der Waals surface area contributed by atoms with E-state index < -0.39 is 5.60 Å². The molecular weight excluding hydrogens is 192 g/mol. The summed E-state index contributed by atoms with van der Waals surface area (Å²) in [6.45, 7) is 1.71. The molecule has 0 aromatic heterocycles. The topological polar surface area (TPSA) is 54.4 Å². The summed E-state index contributed by atoms with van der Waals surface area (Å²) in [4.78, 5) is 23.6. The Morgan fingerprint density at radius 3 is 2.47 bits per heavy atom. The zero-order valence-corrected chi connectivity index (χ0v) is 8.49. The molecule has 1 atom stereocenters. The zero-order valence-electron chi connectivity index (χ0n) is 8.49. The van der Waals surface area contributed by atoms with Crippen LogP contribution in [0.15, 0.2) is 24.3 Å². The van der Waals surface area contributed by atoms with Gasteiger partial charge >= 0.3 is 0 Å². The van der Waals surface area contributed by atoms with Crippen LogP contribution >= 0.6 is 0 Å². The maximum Gasteiger partial charge on any atom is 0.195 e. The number of Topliss-reactive ketones (excluding diaryl/α,β-unsaturated/α-hetero) is 2. The van der Waals surface area contributed by atoms with E-state index in [-0.39, 0.29) is 24.4 Å². The zero-order chi connectivity index (χ0) is 11.1. The van der Waals surface area contributed by atoms with Crippen molar-refractivity contribution in [1.29, 1.82) is 0 Å². The molecule has 2 rings (SSSR count). The molecule has 0 bridgehead atoms. The van der Waals surface area contributed by atoms with Crippen LogP contribution in [-0.4, -0.2) is 22.3 Å². The number of aliphatic hydroxyl groups is 1. The molecule has 1 unspecified atom stereocenters. The lowest BCUT2D eigenvalue weighted by Crippen LogP contribution is -2.44. The van der Waals surface area contributed by atoms with E-state index >= 15 is 0 Å². The van der Waals surface area contributed by atoms with Crippen molar-refractivity contribution < 1.29 is 14.7 Å². The van der Waals surface area contributed by atoms with Gasteiger partial charge in [-0.1, -0.05) is 31.2 Å². The maximum atomic E-state index is 11.9. The summed E-state index contributed by atoms with van der Waals surface area (Å²) in [5.74, 6) is -0.491. The van der Waals surface area contributed by atoms with Crippen LogP contribution in [-0.2, 0) is 0 Å². The first kappa shape index (κ1) is 10.1. The Hall–Kier alpha value is -1.48. The van der Waals surface area contributed by atoms with Gasteiger partial charge in [-0.3, -0.25) is 9.59 Å². The smallest absolute Gasteiger partial charge is 0.195 e. The number of carbonyl (C=O) groups excluding carboxylic acids is 2. The first-order chi connectivity index (χ1) is 7.08. The predicted octanol–water partition coefficient (Wildman–Crippen LogP) is 1.60. The van der Waals surface area contributed by atoms with Gasteiger partial charge < -0.3 is 5.11 Å². The average Bonchev–Trinajstić information content (AvgIpc) is 2.26. The minimum Gasteiger partial charge on any atom is -0.381 e. The summed E-state index contributed by atoms with van der Waals surface area (Å²) in [6.07, 6.45) is 0.172. The Labute approximate surface area is 87.7 Å². The first-order valence-electron chi connectivity index (χ1n) is 4.98. The molecule has 1 aromatic rings. The number of hydrogen-bond donors (Lipinski definition) is 1. The summed E-state index contributed by atoms with van der Waals surface area (Å²) >= 11 is 0. The molecule has 0 heterocycles. The van der Waals surface area contributed by atoms with Crippen molar-refractivity contribution in [2.45, 2.75) is 25.4 Å². The highest BCUT2D eigenvalue weighted by Crippen LogP contribution is 2.30. The van der Waals surface area contributed by atoms with Crippen LogP contribution in [0.2, 0.25) is 0 Å². The lowest BCUT2D eigenvalue weighted by atomic mass is 9.77. The van der Waals surface area contributed by atoms with E-state index in [1.807, 2.05) is 0 Å². The van der Waals surface area contributed by atoms with Crippen molar-refractivity contribution in [3.05, 3.63) is 35.4 Å². The highest BCUT2D eigenvalue weighted by molar-refractivity contribution is 6.17. The van der Waals surface area contributed by atoms with E-state index in [9.17, 15) is 14.7 Å². The summed E-state index contributed by atoms with van der Waals surface area (Å²) in [7, 11) is 0. The number of carbonyl (C=O) groups is 2. The third-order valence-corrected chi connectivity index (χ3v) is 2.93. The number of benzene rings is 1. The molecular formula is C12H12O3. The van der Waals surface area contributed by atoms with E-state index in [4.69, 9.17) is 0 Å². The number of fused-ring (bicyclic) bond motifs is 1. The normalized spacial score (nSPS) is 25.2. The maximum absolute atomic E-state index is 11.9. The van der Waals surface area contributed by atoms with Crippen molar-refractivity contribution in [3.63, 3.8) is 0 Å². The second-order valence-corrected chi connectivity index (χ2v) is 3.86. The minimum absolute atomic E-state index is 0.0979. The third-order valence-electron chi connectivity index (χ3n) is 2.93. The van der Waals surface area contributed by atoms with Crippen molar-refractivity contribution in [3.8, 4) is 0 Å². The molecule has 0 amide bonds. The van der Waals surface area contributed by atoms with Gasteiger partial charge in [0, 0.05) is 17.5 Å². The van der Waals surface area contributed by atoms with Crippen LogP contribution in [0.5, 0.6) is 0 Å². The molecule has 3 heteroatoms. The van der Waals surface area contributed by atoms with Crippen LogP contribution in [0.25, 0.3) is 0 Å². The molecule has 0 aliphatic heterocycles. The predicted molar refractivity (Wildman–Crippen MR) is 55.0 cm³/mol.